The number of aromatic amines is 1. The van der Waals surface area contributed by atoms with Crippen LogP contribution >= 0.6 is 11.3 Å². The monoisotopic (exact) mass is 439 g/mol. The number of aromatic nitrogens is 2. The van der Waals surface area contributed by atoms with Crippen molar-refractivity contribution in [3.8, 4) is 22.8 Å². The van der Waals surface area contributed by atoms with Gasteiger partial charge in [0.1, 0.15) is 5.82 Å². The first kappa shape index (κ1) is 21.1. The minimum atomic E-state index is -0.243. The van der Waals surface area contributed by atoms with Gasteiger partial charge in [0, 0.05) is 23.6 Å². The largest absolute Gasteiger partial charge is 0.493 e. The average molecular weight is 440 g/mol. The molecular formula is C23H25N3O4S. The fourth-order valence-corrected chi connectivity index (χ4v) is 4.62. The molecule has 0 aliphatic carbocycles. The van der Waals surface area contributed by atoms with Crippen molar-refractivity contribution in [1.82, 2.24) is 14.9 Å². The predicted molar refractivity (Wildman–Crippen MR) is 120 cm³/mol. The van der Waals surface area contributed by atoms with Gasteiger partial charge in [-0.1, -0.05) is 6.07 Å². The zero-order valence-corrected chi connectivity index (χ0v) is 18.4. The smallest absolute Gasteiger partial charge is 0.251 e. The number of carbonyl (C=O) groups is 1. The number of hydrogen-bond acceptors (Lipinski definition) is 6. The predicted octanol–water partition coefficient (Wildman–Crippen LogP) is 3.81. The first-order valence-corrected chi connectivity index (χ1v) is 11.2. The average Bonchev–Trinajstić information content (AvgIpc) is 3.33. The first-order valence-electron chi connectivity index (χ1n) is 10.2. The molecule has 4 rings (SSSR count). The van der Waals surface area contributed by atoms with Crippen molar-refractivity contribution in [3.63, 3.8) is 0 Å². The Morgan fingerprint density at radius 1 is 1.19 bits per heavy atom. The highest BCUT2D eigenvalue weighted by Crippen LogP contribution is 2.32. The summed E-state index contributed by atoms with van der Waals surface area (Å²) in [6, 6.07) is 8.70. The van der Waals surface area contributed by atoms with Gasteiger partial charge in [-0.05, 0) is 48.4 Å². The minimum absolute atomic E-state index is 0.000468. The molecule has 0 spiro atoms. The van der Waals surface area contributed by atoms with Gasteiger partial charge >= 0.3 is 0 Å². The molecule has 31 heavy (non-hydrogen) atoms. The number of H-pyrrole nitrogens is 1. The molecule has 0 radical (unpaired) electrons. The Bertz CT molecular complexity index is 1110. The summed E-state index contributed by atoms with van der Waals surface area (Å²) in [5, 5.41) is 3.92. The molecular weight excluding hydrogens is 414 g/mol. The van der Waals surface area contributed by atoms with E-state index >= 15 is 0 Å². The number of benzene rings is 1. The number of carbonyl (C=O) groups excluding carboxylic acids is 1. The standard InChI is InChI=1S/C23H25N3O4S/c1-29-19-7-6-15(11-20(19)30-2)12-22(28)26-9-4-3-5-18(26)23-24-17(13-21(27)25-23)16-8-10-31-14-16/h6-8,10-11,13-14,18H,3-5,9,12H2,1-2H3,(H,24,25,27)/t18-/m0/s1. The maximum absolute atomic E-state index is 13.2. The van der Waals surface area contributed by atoms with Gasteiger partial charge in [-0.3, -0.25) is 9.59 Å². The normalized spacial score (nSPS) is 16.2. The van der Waals surface area contributed by atoms with Gasteiger partial charge in [-0.2, -0.15) is 11.3 Å². The van der Waals surface area contributed by atoms with E-state index in [1.165, 1.54) is 6.07 Å². The highest BCUT2D eigenvalue weighted by atomic mass is 32.1. The van der Waals surface area contributed by atoms with Gasteiger partial charge in [0.05, 0.1) is 32.4 Å². The van der Waals surface area contributed by atoms with Crippen LogP contribution in [0.15, 0.2) is 45.9 Å². The van der Waals surface area contributed by atoms with Crippen LogP contribution < -0.4 is 15.0 Å². The number of hydrogen-bond donors (Lipinski definition) is 1. The zero-order chi connectivity index (χ0) is 21.8. The van der Waals surface area contributed by atoms with E-state index in [-0.39, 0.29) is 23.9 Å². The summed E-state index contributed by atoms with van der Waals surface area (Å²) in [6.45, 7) is 0.642. The van der Waals surface area contributed by atoms with E-state index in [9.17, 15) is 9.59 Å². The van der Waals surface area contributed by atoms with E-state index in [2.05, 4.69) is 4.98 Å². The number of rotatable bonds is 6. The molecule has 1 aliphatic rings. The van der Waals surface area contributed by atoms with E-state index in [0.29, 0.717) is 29.6 Å². The van der Waals surface area contributed by atoms with Crippen molar-refractivity contribution in [2.24, 2.45) is 0 Å². The Hall–Kier alpha value is -3.13. The van der Waals surface area contributed by atoms with Crippen LogP contribution in [0.25, 0.3) is 11.3 Å². The van der Waals surface area contributed by atoms with E-state index in [4.69, 9.17) is 14.5 Å². The van der Waals surface area contributed by atoms with Gasteiger partial charge in [-0.15, -0.1) is 0 Å². The number of amides is 1. The summed E-state index contributed by atoms with van der Waals surface area (Å²) in [5.41, 5.74) is 2.19. The lowest BCUT2D eigenvalue weighted by Crippen LogP contribution is -2.40. The van der Waals surface area contributed by atoms with Gasteiger partial charge in [0.25, 0.3) is 5.56 Å². The molecule has 3 aromatic rings. The lowest BCUT2D eigenvalue weighted by Gasteiger charge is -2.35. The molecule has 0 unspecified atom stereocenters. The molecule has 7 nitrogen and oxygen atoms in total. The highest BCUT2D eigenvalue weighted by Gasteiger charge is 2.30. The number of piperidine rings is 1. The van der Waals surface area contributed by atoms with Crippen molar-refractivity contribution in [1.29, 1.82) is 0 Å². The number of ether oxygens (including phenoxy) is 2. The minimum Gasteiger partial charge on any atom is -0.493 e. The summed E-state index contributed by atoms with van der Waals surface area (Å²) in [5.74, 6) is 1.77. The second-order valence-corrected chi connectivity index (χ2v) is 8.27. The van der Waals surface area contributed by atoms with Crippen molar-refractivity contribution in [2.45, 2.75) is 31.7 Å². The zero-order valence-electron chi connectivity index (χ0n) is 17.6. The van der Waals surface area contributed by atoms with Crippen LogP contribution in [0.5, 0.6) is 11.5 Å². The molecule has 0 bridgehead atoms. The molecule has 2 aromatic heterocycles. The molecule has 1 aliphatic heterocycles. The summed E-state index contributed by atoms with van der Waals surface area (Å²) in [7, 11) is 3.16. The summed E-state index contributed by atoms with van der Waals surface area (Å²) in [4.78, 5) is 35.0. The van der Waals surface area contributed by atoms with E-state index in [0.717, 1.165) is 30.4 Å². The molecule has 1 aromatic carbocycles. The summed E-state index contributed by atoms with van der Waals surface area (Å²) in [6.07, 6.45) is 2.93. The van der Waals surface area contributed by atoms with Crippen molar-refractivity contribution in [3.05, 3.63) is 62.8 Å². The molecule has 1 N–H and O–H groups in total. The number of thiophene rings is 1. The number of nitrogens with zero attached hydrogens (tertiary/aromatic N) is 2. The fourth-order valence-electron chi connectivity index (χ4n) is 3.97. The lowest BCUT2D eigenvalue weighted by atomic mass is 9.99. The van der Waals surface area contributed by atoms with Crippen molar-refractivity contribution >= 4 is 17.2 Å². The van der Waals surface area contributed by atoms with Gasteiger partial charge in [0.2, 0.25) is 5.91 Å². The van der Waals surface area contributed by atoms with Crippen LogP contribution in [0.1, 0.15) is 36.7 Å². The maximum Gasteiger partial charge on any atom is 0.251 e. The van der Waals surface area contributed by atoms with Crippen LogP contribution in [-0.2, 0) is 11.2 Å². The van der Waals surface area contributed by atoms with E-state index < -0.39 is 0 Å². The molecule has 1 atom stereocenters. The van der Waals surface area contributed by atoms with Gasteiger partial charge in [0.15, 0.2) is 11.5 Å². The molecule has 3 heterocycles. The second kappa shape index (κ2) is 9.34. The molecule has 8 heteroatoms. The van der Waals surface area contributed by atoms with Crippen LogP contribution in [0.3, 0.4) is 0 Å². The Morgan fingerprint density at radius 3 is 2.77 bits per heavy atom. The van der Waals surface area contributed by atoms with Crippen LogP contribution in [-0.4, -0.2) is 41.5 Å². The van der Waals surface area contributed by atoms with E-state index in [1.807, 2.05) is 33.9 Å². The van der Waals surface area contributed by atoms with E-state index in [1.54, 1.807) is 31.6 Å². The summed E-state index contributed by atoms with van der Waals surface area (Å²) < 4.78 is 10.6. The second-order valence-electron chi connectivity index (χ2n) is 7.49. The molecule has 162 valence electrons. The molecule has 1 fully saturated rings. The Balaban J connectivity index is 1.59. The third-order valence-corrected chi connectivity index (χ3v) is 6.20. The van der Waals surface area contributed by atoms with Crippen LogP contribution in [0, 0.1) is 0 Å². The molecule has 1 amide bonds. The molecule has 1 saturated heterocycles. The Labute approximate surface area is 184 Å². The quantitative estimate of drug-likeness (QED) is 0.631. The Kier molecular flexibility index (Phi) is 6.36. The lowest BCUT2D eigenvalue weighted by molar-refractivity contribution is -0.134. The number of likely N-dealkylation sites (tertiary alicyclic amines) is 1. The van der Waals surface area contributed by atoms with Crippen LogP contribution in [0.2, 0.25) is 0 Å². The van der Waals surface area contributed by atoms with Gasteiger partial charge in [-0.25, -0.2) is 4.98 Å². The fraction of sp³-hybridized carbons (Fsp3) is 0.348. The third kappa shape index (κ3) is 4.64. The van der Waals surface area contributed by atoms with Crippen molar-refractivity contribution in [2.75, 3.05) is 20.8 Å². The number of nitrogens with one attached hydrogen (secondary N) is 1. The molecule has 0 saturated carbocycles. The topological polar surface area (TPSA) is 84.5 Å². The maximum atomic E-state index is 13.2. The number of methoxy groups -OCH3 is 2. The highest BCUT2D eigenvalue weighted by molar-refractivity contribution is 7.08. The van der Waals surface area contributed by atoms with Crippen molar-refractivity contribution < 1.29 is 14.3 Å². The summed E-state index contributed by atoms with van der Waals surface area (Å²) >= 11 is 1.56. The van der Waals surface area contributed by atoms with Gasteiger partial charge < -0.3 is 19.4 Å². The third-order valence-electron chi connectivity index (χ3n) is 5.52. The Morgan fingerprint density at radius 2 is 2.03 bits per heavy atom. The SMILES string of the molecule is COc1ccc(CC(=O)N2CCCC[C@H]2c2nc(-c3ccsc3)cc(=O)[nH]2)cc1OC. The first-order chi connectivity index (χ1) is 15.1. The van der Waals surface area contributed by atoms with Crippen LogP contribution in [0.4, 0.5) is 0 Å².